The van der Waals surface area contributed by atoms with Crippen LogP contribution in [0.3, 0.4) is 0 Å². The summed E-state index contributed by atoms with van der Waals surface area (Å²) in [5.41, 5.74) is 1.50. The predicted octanol–water partition coefficient (Wildman–Crippen LogP) is 3.59. The molecule has 0 heterocycles. The molecule has 0 saturated heterocycles. The summed E-state index contributed by atoms with van der Waals surface area (Å²) in [7, 11) is 0. The third kappa shape index (κ3) is 4.17. The molecule has 24 heavy (non-hydrogen) atoms. The highest BCUT2D eigenvalue weighted by molar-refractivity contribution is 6.32. The molecular weight excluding hydrogens is 328 g/mol. The number of ether oxygens (including phenoxy) is 2. The number of nitrogens with zero attached hydrogens (tertiary/aromatic N) is 2. The van der Waals surface area contributed by atoms with Crippen molar-refractivity contribution in [3.05, 3.63) is 58.1 Å². The molecule has 0 aliphatic carbocycles. The molecule has 6 heteroatoms. The van der Waals surface area contributed by atoms with Crippen LogP contribution in [0.4, 0.5) is 0 Å². The van der Waals surface area contributed by atoms with Gasteiger partial charge in [0.05, 0.1) is 34.9 Å². The second kappa shape index (κ2) is 8.21. The molecule has 122 valence electrons. The molecule has 0 aromatic heterocycles. The van der Waals surface area contributed by atoms with E-state index in [0.717, 1.165) is 0 Å². The van der Waals surface area contributed by atoms with Gasteiger partial charge in [-0.25, -0.2) is 0 Å². The zero-order valence-corrected chi connectivity index (χ0v) is 13.7. The summed E-state index contributed by atoms with van der Waals surface area (Å²) in [6.45, 7) is 2.15. The first-order valence-electron chi connectivity index (χ1n) is 7.26. The van der Waals surface area contributed by atoms with E-state index in [0.29, 0.717) is 29.0 Å². The molecule has 0 spiro atoms. The summed E-state index contributed by atoms with van der Waals surface area (Å²) in [4.78, 5) is 0. The smallest absolute Gasteiger partial charge is 0.179 e. The molecule has 2 rings (SSSR count). The zero-order chi connectivity index (χ0) is 17.5. The molecular formula is C18H15ClN2O3. The van der Waals surface area contributed by atoms with Gasteiger partial charge in [-0.15, -0.1) is 0 Å². The Morgan fingerprint density at radius 3 is 2.33 bits per heavy atom. The summed E-state index contributed by atoms with van der Waals surface area (Å²) < 4.78 is 11.1. The van der Waals surface area contributed by atoms with Gasteiger partial charge >= 0.3 is 0 Å². The van der Waals surface area contributed by atoms with Gasteiger partial charge < -0.3 is 14.6 Å². The van der Waals surface area contributed by atoms with Crippen LogP contribution in [0.1, 0.15) is 29.7 Å². The number of aliphatic hydroxyl groups excluding tert-OH is 1. The Morgan fingerprint density at radius 2 is 1.75 bits per heavy atom. The first-order valence-corrected chi connectivity index (χ1v) is 7.64. The Bertz CT molecular complexity index is 792. The van der Waals surface area contributed by atoms with Crippen molar-refractivity contribution in [3.8, 4) is 23.6 Å². The summed E-state index contributed by atoms with van der Waals surface area (Å²) in [6.07, 6.45) is -0.890. The highest BCUT2D eigenvalue weighted by Gasteiger charge is 2.15. The minimum absolute atomic E-state index is 0.0441. The van der Waals surface area contributed by atoms with E-state index in [2.05, 4.69) is 0 Å². The third-order valence-electron chi connectivity index (χ3n) is 3.25. The van der Waals surface area contributed by atoms with Crippen molar-refractivity contribution in [1.29, 1.82) is 10.5 Å². The van der Waals surface area contributed by atoms with Gasteiger partial charge in [0, 0.05) is 6.07 Å². The molecule has 0 amide bonds. The van der Waals surface area contributed by atoms with Crippen molar-refractivity contribution in [1.82, 2.24) is 0 Å². The second-order valence-corrected chi connectivity index (χ2v) is 5.30. The fraction of sp³-hybridized carbons (Fsp3) is 0.222. The molecule has 0 aliphatic heterocycles. The Balaban J connectivity index is 2.15. The summed E-state index contributed by atoms with van der Waals surface area (Å²) in [5, 5.41) is 28.2. The average molecular weight is 343 g/mol. The molecule has 2 aromatic rings. The molecule has 1 unspecified atom stereocenters. The largest absolute Gasteiger partial charge is 0.490 e. The number of hydrogen-bond donors (Lipinski definition) is 1. The first kappa shape index (κ1) is 17.6. The molecule has 1 N–H and O–H groups in total. The lowest BCUT2D eigenvalue weighted by Gasteiger charge is -2.16. The molecule has 0 radical (unpaired) electrons. The van der Waals surface area contributed by atoms with Crippen molar-refractivity contribution >= 4 is 11.6 Å². The van der Waals surface area contributed by atoms with Gasteiger partial charge in [-0.1, -0.05) is 23.7 Å². The van der Waals surface area contributed by atoms with Crippen molar-refractivity contribution in [2.24, 2.45) is 0 Å². The number of rotatable bonds is 6. The van der Waals surface area contributed by atoms with Crippen molar-refractivity contribution in [2.45, 2.75) is 13.0 Å². The Morgan fingerprint density at radius 1 is 1.08 bits per heavy atom. The van der Waals surface area contributed by atoms with E-state index in [1.807, 2.05) is 19.1 Å². The fourth-order valence-electron chi connectivity index (χ4n) is 2.07. The predicted molar refractivity (Wildman–Crippen MR) is 88.9 cm³/mol. The van der Waals surface area contributed by atoms with Gasteiger partial charge in [0.1, 0.15) is 12.7 Å². The molecule has 1 atom stereocenters. The highest BCUT2D eigenvalue weighted by atomic mass is 35.5. The molecule has 5 nitrogen and oxygen atoms in total. The van der Waals surface area contributed by atoms with Gasteiger partial charge in [-0.2, -0.15) is 10.5 Å². The lowest BCUT2D eigenvalue weighted by atomic mass is 10.1. The van der Waals surface area contributed by atoms with Crippen LogP contribution in [-0.2, 0) is 0 Å². The zero-order valence-electron chi connectivity index (χ0n) is 13.0. The van der Waals surface area contributed by atoms with E-state index in [-0.39, 0.29) is 17.4 Å². The summed E-state index contributed by atoms with van der Waals surface area (Å²) >= 11 is 6.14. The number of benzene rings is 2. The second-order valence-electron chi connectivity index (χ2n) is 4.89. The molecule has 2 aromatic carbocycles. The van der Waals surface area contributed by atoms with E-state index >= 15 is 0 Å². The maximum absolute atomic E-state index is 10.2. The number of aliphatic hydroxyl groups is 1. The van der Waals surface area contributed by atoms with Crippen molar-refractivity contribution in [3.63, 3.8) is 0 Å². The monoisotopic (exact) mass is 342 g/mol. The number of nitriles is 2. The molecule has 0 saturated carbocycles. The van der Waals surface area contributed by atoms with Gasteiger partial charge in [-0.3, -0.25) is 0 Å². The normalized spacial score (nSPS) is 11.2. The van der Waals surface area contributed by atoms with Crippen LogP contribution in [0.5, 0.6) is 11.5 Å². The minimum Gasteiger partial charge on any atom is -0.490 e. The van der Waals surface area contributed by atoms with Crippen LogP contribution >= 0.6 is 11.6 Å². The fourth-order valence-corrected chi connectivity index (χ4v) is 2.34. The average Bonchev–Trinajstić information content (AvgIpc) is 2.60. The maximum atomic E-state index is 10.2. The van der Waals surface area contributed by atoms with Gasteiger partial charge in [0.25, 0.3) is 0 Å². The van der Waals surface area contributed by atoms with E-state index in [4.69, 9.17) is 31.6 Å². The van der Waals surface area contributed by atoms with Crippen LogP contribution < -0.4 is 9.47 Å². The van der Waals surface area contributed by atoms with Crippen LogP contribution in [0, 0.1) is 22.7 Å². The van der Waals surface area contributed by atoms with Crippen LogP contribution in [0.2, 0.25) is 5.02 Å². The van der Waals surface area contributed by atoms with E-state index in [1.165, 1.54) is 6.07 Å². The summed E-state index contributed by atoms with van der Waals surface area (Å²) in [5.74, 6) is 0.638. The Hall–Kier alpha value is -2.73. The highest BCUT2D eigenvalue weighted by Crippen LogP contribution is 2.37. The van der Waals surface area contributed by atoms with Crippen molar-refractivity contribution in [2.75, 3.05) is 13.2 Å². The SMILES string of the molecule is CCOc1cc(C#N)cc(Cl)c1OCC(O)c1ccc(C#N)cc1. The number of halogens is 1. The topological polar surface area (TPSA) is 86.3 Å². The lowest BCUT2D eigenvalue weighted by Crippen LogP contribution is -2.11. The van der Waals surface area contributed by atoms with E-state index < -0.39 is 6.10 Å². The van der Waals surface area contributed by atoms with E-state index in [9.17, 15) is 5.11 Å². The molecule has 0 fully saturated rings. The maximum Gasteiger partial charge on any atom is 0.179 e. The molecule has 0 bridgehead atoms. The Kier molecular flexibility index (Phi) is 6.03. The Labute approximate surface area is 145 Å². The van der Waals surface area contributed by atoms with Crippen molar-refractivity contribution < 1.29 is 14.6 Å². The van der Waals surface area contributed by atoms with Gasteiger partial charge in [0.2, 0.25) is 0 Å². The van der Waals surface area contributed by atoms with Crippen LogP contribution in [0.25, 0.3) is 0 Å². The first-order chi connectivity index (χ1) is 11.6. The minimum atomic E-state index is -0.890. The lowest BCUT2D eigenvalue weighted by molar-refractivity contribution is 0.106. The van der Waals surface area contributed by atoms with Crippen LogP contribution in [0.15, 0.2) is 36.4 Å². The summed E-state index contributed by atoms with van der Waals surface area (Å²) in [6, 6.07) is 13.6. The standard InChI is InChI=1S/C18H15ClN2O3/c1-2-23-17-8-13(10-21)7-15(19)18(17)24-11-16(22)14-5-3-12(9-20)4-6-14/h3-8,16,22H,2,11H2,1H3. The van der Waals surface area contributed by atoms with Crippen LogP contribution in [-0.4, -0.2) is 18.3 Å². The number of hydrogen-bond acceptors (Lipinski definition) is 5. The van der Waals surface area contributed by atoms with E-state index in [1.54, 1.807) is 30.3 Å². The molecule has 0 aliphatic rings. The quantitative estimate of drug-likeness (QED) is 0.866. The third-order valence-corrected chi connectivity index (χ3v) is 3.53. The van der Waals surface area contributed by atoms with Gasteiger partial charge in [-0.05, 0) is 30.7 Å². The van der Waals surface area contributed by atoms with Gasteiger partial charge in [0.15, 0.2) is 11.5 Å².